The van der Waals surface area contributed by atoms with Gasteiger partial charge in [-0.25, -0.2) is 8.42 Å². The third-order valence-electron chi connectivity index (χ3n) is 2.95. The number of aliphatic carboxylic acids is 1. The molecular formula is C14H19NO6S. The maximum Gasteiger partial charge on any atom is 0.303 e. The molecule has 0 aliphatic carbocycles. The van der Waals surface area contributed by atoms with Gasteiger partial charge in [0, 0.05) is 19.2 Å². The van der Waals surface area contributed by atoms with E-state index < -0.39 is 21.7 Å². The number of hydrogen-bond acceptors (Lipinski definition) is 5. The molecule has 1 rings (SSSR count). The first-order valence-corrected chi connectivity index (χ1v) is 8.53. The van der Waals surface area contributed by atoms with E-state index in [4.69, 9.17) is 9.84 Å². The molecule has 0 saturated carbocycles. The molecule has 0 spiro atoms. The maximum absolute atomic E-state index is 12.1. The van der Waals surface area contributed by atoms with Gasteiger partial charge < -0.3 is 15.2 Å². The predicted molar refractivity (Wildman–Crippen MR) is 79.9 cm³/mol. The normalized spacial score (nSPS) is 11.0. The van der Waals surface area contributed by atoms with Crippen molar-refractivity contribution in [3.8, 4) is 5.75 Å². The highest BCUT2D eigenvalue weighted by Crippen LogP contribution is 2.22. The molecule has 0 aliphatic heterocycles. The lowest BCUT2D eigenvalue weighted by atomic mass is 10.1. The molecule has 122 valence electrons. The van der Waals surface area contributed by atoms with Crippen molar-refractivity contribution in [2.24, 2.45) is 0 Å². The molecule has 0 unspecified atom stereocenters. The highest BCUT2D eigenvalue weighted by Gasteiger charge is 2.16. The Bertz CT molecular complexity index is 653. The van der Waals surface area contributed by atoms with Crippen LogP contribution in [0, 0.1) is 0 Å². The van der Waals surface area contributed by atoms with Crippen LogP contribution in [0.25, 0.3) is 0 Å². The van der Waals surface area contributed by atoms with Crippen molar-refractivity contribution >= 4 is 21.7 Å². The summed E-state index contributed by atoms with van der Waals surface area (Å²) in [6, 6.07) is 4.06. The van der Waals surface area contributed by atoms with Crippen LogP contribution < -0.4 is 10.1 Å². The van der Waals surface area contributed by atoms with Crippen LogP contribution >= 0.6 is 0 Å². The molecular weight excluding hydrogens is 310 g/mol. The molecule has 0 heterocycles. The van der Waals surface area contributed by atoms with Gasteiger partial charge in [0.1, 0.15) is 5.75 Å². The molecule has 0 atom stereocenters. The molecule has 0 aromatic heterocycles. The molecule has 22 heavy (non-hydrogen) atoms. The summed E-state index contributed by atoms with van der Waals surface area (Å²) < 4.78 is 28.1. The quantitative estimate of drug-likeness (QED) is 0.691. The van der Waals surface area contributed by atoms with Crippen molar-refractivity contribution in [2.45, 2.75) is 24.2 Å². The van der Waals surface area contributed by atoms with Crippen molar-refractivity contribution in [3.05, 3.63) is 23.8 Å². The third-order valence-corrected chi connectivity index (χ3v) is 4.06. The zero-order chi connectivity index (χ0) is 16.8. The molecule has 1 aromatic carbocycles. The number of carboxylic acids is 1. The van der Waals surface area contributed by atoms with Crippen molar-refractivity contribution in [3.63, 3.8) is 0 Å². The van der Waals surface area contributed by atoms with Crippen molar-refractivity contribution < 1.29 is 27.9 Å². The average Bonchev–Trinajstić information content (AvgIpc) is 2.44. The number of benzene rings is 1. The Morgan fingerprint density at radius 2 is 1.95 bits per heavy atom. The molecule has 0 radical (unpaired) electrons. The lowest BCUT2D eigenvalue weighted by molar-refractivity contribution is -0.137. The van der Waals surface area contributed by atoms with Gasteiger partial charge in [0.05, 0.1) is 17.6 Å². The molecule has 0 aliphatic rings. The Labute approximate surface area is 129 Å². The number of ether oxygens (including phenoxy) is 1. The van der Waals surface area contributed by atoms with E-state index in [9.17, 15) is 18.0 Å². The fourth-order valence-electron chi connectivity index (χ4n) is 1.79. The van der Waals surface area contributed by atoms with Gasteiger partial charge in [0.2, 0.25) is 0 Å². The summed E-state index contributed by atoms with van der Waals surface area (Å²) in [7, 11) is -2.04. The molecule has 8 heteroatoms. The predicted octanol–water partition coefficient (Wildman–Crippen LogP) is 1.08. The Hall–Kier alpha value is -2.09. The van der Waals surface area contributed by atoms with Crippen LogP contribution in [0.2, 0.25) is 0 Å². The van der Waals surface area contributed by atoms with Crippen LogP contribution in [0.15, 0.2) is 23.1 Å². The van der Waals surface area contributed by atoms with Gasteiger partial charge >= 0.3 is 5.97 Å². The van der Waals surface area contributed by atoms with Gasteiger partial charge in [0.25, 0.3) is 5.91 Å². The lowest BCUT2D eigenvalue weighted by Gasteiger charge is -2.10. The molecule has 1 aromatic rings. The van der Waals surface area contributed by atoms with E-state index in [-0.39, 0.29) is 22.6 Å². The summed E-state index contributed by atoms with van der Waals surface area (Å²) in [5.41, 5.74) is 0.128. The van der Waals surface area contributed by atoms with E-state index in [1.807, 2.05) is 0 Å². The van der Waals surface area contributed by atoms with Crippen molar-refractivity contribution in [1.29, 1.82) is 0 Å². The second-order valence-electron chi connectivity index (χ2n) is 4.74. The zero-order valence-corrected chi connectivity index (χ0v) is 13.3. The number of carbonyl (C=O) groups is 2. The van der Waals surface area contributed by atoms with Gasteiger partial charge in [-0.05, 0) is 31.0 Å². The van der Waals surface area contributed by atoms with Gasteiger partial charge in [-0.2, -0.15) is 0 Å². The summed E-state index contributed by atoms with van der Waals surface area (Å²) in [6.45, 7) is 0.304. The van der Waals surface area contributed by atoms with Crippen LogP contribution in [-0.2, 0) is 14.6 Å². The first-order valence-electron chi connectivity index (χ1n) is 6.64. The number of carboxylic acid groups (broad SMARTS) is 1. The highest BCUT2D eigenvalue weighted by molar-refractivity contribution is 7.90. The van der Waals surface area contributed by atoms with Crippen molar-refractivity contribution in [1.82, 2.24) is 5.32 Å². The third kappa shape index (κ3) is 5.36. The van der Waals surface area contributed by atoms with Crippen molar-refractivity contribution in [2.75, 3.05) is 19.9 Å². The van der Waals surface area contributed by atoms with Gasteiger partial charge in [0.15, 0.2) is 9.84 Å². The minimum atomic E-state index is -3.42. The zero-order valence-electron chi connectivity index (χ0n) is 12.5. The topological polar surface area (TPSA) is 110 Å². The fraction of sp³-hybridized carbons (Fsp3) is 0.429. The van der Waals surface area contributed by atoms with E-state index in [1.165, 1.54) is 25.3 Å². The van der Waals surface area contributed by atoms with Crippen LogP contribution in [0.1, 0.15) is 29.6 Å². The number of sulfone groups is 1. The Morgan fingerprint density at radius 1 is 1.27 bits per heavy atom. The standard InChI is InChI=1S/C14H19NO6S/c1-21-12-7-6-10(22(2,19)20)9-11(12)14(18)15-8-4-3-5-13(16)17/h6-7,9H,3-5,8H2,1-2H3,(H,15,18)(H,16,17). The molecule has 7 nitrogen and oxygen atoms in total. The average molecular weight is 329 g/mol. The first-order chi connectivity index (χ1) is 10.3. The van der Waals surface area contributed by atoms with Crippen LogP contribution in [-0.4, -0.2) is 45.3 Å². The number of hydrogen-bond donors (Lipinski definition) is 2. The summed E-state index contributed by atoms with van der Waals surface area (Å²) in [6.07, 6.45) is 2.08. The van der Waals surface area contributed by atoms with Crippen LogP contribution in [0.3, 0.4) is 0 Å². The number of amides is 1. The maximum atomic E-state index is 12.1. The molecule has 0 fully saturated rings. The molecule has 0 saturated heterocycles. The van der Waals surface area contributed by atoms with E-state index in [0.29, 0.717) is 19.4 Å². The van der Waals surface area contributed by atoms with E-state index >= 15 is 0 Å². The number of unbranched alkanes of at least 4 members (excludes halogenated alkanes) is 1. The van der Waals surface area contributed by atoms with E-state index in [0.717, 1.165) is 6.26 Å². The first kappa shape index (κ1) is 18.0. The Morgan fingerprint density at radius 3 is 2.50 bits per heavy atom. The van der Waals surface area contributed by atoms with Gasteiger partial charge in [-0.15, -0.1) is 0 Å². The summed E-state index contributed by atoms with van der Waals surface area (Å²) >= 11 is 0. The second-order valence-corrected chi connectivity index (χ2v) is 6.76. The van der Waals surface area contributed by atoms with Crippen LogP contribution in [0.4, 0.5) is 0 Å². The lowest BCUT2D eigenvalue weighted by Crippen LogP contribution is -2.25. The molecule has 0 bridgehead atoms. The van der Waals surface area contributed by atoms with E-state index in [1.54, 1.807) is 0 Å². The molecule has 2 N–H and O–H groups in total. The van der Waals surface area contributed by atoms with Gasteiger partial charge in [-0.3, -0.25) is 9.59 Å². The molecule has 1 amide bonds. The minimum absolute atomic E-state index is 0.0318. The number of rotatable bonds is 8. The number of nitrogens with one attached hydrogen (secondary N) is 1. The summed E-state index contributed by atoms with van der Waals surface area (Å²) in [4.78, 5) is 22.5. The number of carbonyl (C=O) groups excluding carboxylic acids is 1. The van der Waals surface area contributed by atoms with Crippen LogP contribution in [0.5, 0.6) is 5.75 Å². The Balaban J connectivity index is 2.77. The SMILES string of the molecule is COc1ccc(S(C)(=O)=O)cc1C(=O)NCCCCC(=O)O. The van der Waals surface area contributed by atoms with E-state index in [2.05, 4.69) is 5.32 Å². The summed E-state index contributed by atoms with van der Waals surface area (Å²) in [5.74, 6) is -1.07. The highest BCUT2D eigenvalue weighted by atomic mass is 32.2. The summed E-state index contributed by atoms with van der Waals surface area (Å²) in [5, 5.41) is 11.1. The minimum Gasteiger partial charge on any atom is -0.496 e. The monoisotopic (exact) mass is 329 g/mol. The Kier molecular flexibility index (Phi) is 6.36. The largest absolute Gasteiger partial charge is 0.496 e. The second kappa shape index (κ2) is 7.79. The fourth-order valence-corrected chi connectivity index (χ4v) is 2.44. The smallest absolute Gasteiger partial charge is 0.303 e. The van der Waals surface area contributed by atoms with Gasteiger partial charge in [-0.1, -0.05) is 0 Å². The number of methoxy groups -OCH3 is 1.